The third-order valence-corrected chi connectivity index (χ3v) is 6.76. The fourth-order valence-electron chi connectivity index (χ4n) is 4.08. The molecule has 0 saturated carbocycles. The molecule has 124 valence electrons. The first-order valence-corrected chi connectivity index (χ1v) is 10.4. The number of rotatable bonds is 4. The van der Waals surface area contributed by atoms with Crippen LogP contribution in [-0.4, -0.2) is 44.2 Å². The summed E-state index contributed by atoms with van der Waals surface area (Å²) in [6.45, 7) is 7.16. The van der Waals surface area contributed by atoms with Crippen LogP contribution in [0.25, 0.3) is 0 Å². The van der Waals surface area contributed by atoms with Crippen molar-refractivity contribution in [1.29, 1.82) is 0 Å². The fraction of sp³-hybridized carbons (Fsp3) is 1.00. The zero-order valence-electron chi connectivity index (χ0n) is 13.9. The normalized spacial score (nSPS) is 33.0. The Balaban J connectivity index is 2.06. The van der Waals surface area contributed by atoms with E-state index in [1.807, 2.05) is 0 Å². The minimum atomic E-state index is -3.03. The number of piperidine rings is 1. The Hall–Kier alpha value is -0.130. The zero-order valence-corrected chi connectivity index (χ0v) is 14.7. The number of sulfonamides is 1. The lowest BCUT2D eigenvalue weighted by Crippen LogP contribution is -2.52. The Morgan fingerprint density at radius 3 is 2.67 bits per heavy atom. The number of nitrogens with zero attached hydrogens (tertiary/aromatic N) is 1. The van der Waals surface area contributed by atoms with Gasteiger partial charge in [0.2, 0.25) is 10.0 Å². The molecule has 0 radical (unpaired) electrons. The lowest BCUT2D eigenvalue weighted by atomic mass is 9.74. The third-order valence-electron chi connectivity index (χ3n) is 5.49. The molecule has 2 atom stereocenters. The molecule has 4 nitrogen and oxygen atoms in total. The van der Waals surface area contributed by atoms with Gasteiger partial charge in [-0.1, -0.05) is 26.7 Å². The van der Waals surface area contributed by atoms with Crippen molar-refractivity contribution in [3.05, 3.63) is 0 Å². The van der Waals surface area contributed by atoms with E-state index in [2.05, 4.69) is 19.2 Å². The van der Waals surface area contributed by atoms with Crippen LogP contribution in [0, 0.1) is 11.8 Å². The summed E-state index contributed by atoms with van der Waals surface area (Å²) in [6, 6.07) is 0. The van der Waals surface area contributed by atoms with E-state index >= 15 is 0 Å². The highest BCUT2D eigenvalue weighted by atomic mass is 32.2. The molecule has 1 N–H and O–H groups in total. The predicted octanol–water partition coefficient (Wildman–Crippen LogP) is 2.61. The summed E-state index contributed by atoms with van der Waals surface area (Å²) in [4.78, 5) is 0. The highest BCUT2D eigenvalue weighted by Crippen LogP contribution is 2.36. The maximum absolute atomic E-state index is 11.8. The topological polar surface area (TPSA) is 49.4 Å². The van der Waals surface area contributed by atoms with Crippen molar-refractivity contribution in [2.45, 2.75) is 64.3 Å². The average molecular weight is 317 g/mol. The van der Waals surface area contributed by atoms with Crippen LogP contribution in [0.4, 0.5) is 0 Å². The van der Waals surface area contributed by atoms with Crippen molar-refractivity contribution in [3.8, 4) is 0 Å². The molecule has 0 aromatic rings. The highest BCUT2D eigenvalue weighted by Gasteiger charge is 2.38. The van der Waals surface area contributed by atoms with E-state index in [1.165, 1.54) is 38.4 Å². The molecule has 0 amide bonds. The van der Waals surface area contributed by atoms with Crippen LogP contribution in [0.15, 0.2) is 0 Å². The van der Waals surface area contributed by atoms with Crippen LogP contribution in [0.3, 0.4) is 0 Å². The first-order valence-electron chi connectivity index (χ1n) is 8.54. The molecule has 0 bridgehead atoms. The van der Waals surface area contributed by atoms with Crippen LogP contribution in [0.1, 0.15) is 58.8 Å². The predicted molar refractivity (Wildman–Crippen MR) is 87.8 cm³/mol. The molecule has 2 saturated heterocycles. The Morgan fingerprint density at radius 1 is 1.24 bits per heavy atom. The van der Waals surface area contributed by atoms with Crippen LogP contribution >= 0.6 is 0 Å². The molecule has 2 aliphatic heterocycles. The minimum Gasteiger partial charge on any atom is -0.311 e. The molecule has 2 heterocycles. The van der Waals surface area contributed by atoms with E-state index in [1.54, 1.807) is 4.31 Å². The first-order chi connectivity index (χ1) is 9.83. The van der Waals surface area contributed by atoms with Crippen molar-refractivity contribution in [2.75, 3.05) is 25.9 Å². The Bertz CT molecular complexity index is 426. The van der Waals surface area contributed by atoms with E-state index in [4.69, 9.17) is 0 Å². The van der Waals surface area contributed by atoms with Crippen molar-refractivity contribution >= 4 is 10.0 Å². The summed E-state index contributed by atoms with van der Waals surface area (Å²) in [6.07, 6.45) is 9.77. The van der Waals surface area contributed by atoms with Gasteiger partial charge in [-0.2, -0.15) is 0 Å². The van der Waals surface area contributed by atoms with Gasteiger partial charge in [0.25, 0.3) is 0 Å². The maximum Gasteiger partial charge on any atom is 0.211 e. The minimum absolute atomic E-state index is 0.210. The van der Waals surface area contributed by atoms with Gasteiger partial charge in [0.05, 0.1) is 6.26 Å². The van der Waals surface area contributed by atoms with Gasteiger partial charge in [0.15, 0.2) is 0 Å². The van der Waals surface area contributed by atoms with Crippen molar-refractivity contribution in [3.63, 3.8) is 0 Å². The van der Waals surface area contributed by atoms with Gasteiger partial charge in [-0.3, -0.25) is 0 Å². The third kappa shape index (κ3) is 4.42. The standard InChI is InChI=1S/C16H32N2O2S/c1-14(2)16(9-5-4-6-10-17-16)12-15-8-7-11-18(13-15)21(3,19)20/h14-15,17H,4-13H2,1-3H3. The van der Waals surface area contributed by atoms with E-state index in [0.29, 0.717) is 18.4 Å². The van der Waals surface area contributed by atoms with Crippen molar-refractivity contribution < 1.29 is 8.42 Å². The average Bonchev–Trinajstić information content (AvgIpc) is 2.65. The van der Waals surface area contributed by atoms with Gasteiger partial charge in [-0.05, 0) is 50.5 Å². The largest absolute Gasteiger partial charge is 0.311 e. The monoisotopic (exact) mass is 316 g/mol. The Kier molecular flexibility index (Phi) is 5.71. The summed E-state index contributed by atoms with van der Waals surface area (Å²) in [5, 5.41) is 3.83. The van der Waals surface area contributed by atoms with E-state index in [-0.39, 0.29) is 5.54 Å². The molecular formula is C16H32N2O2S. The Labute approximate surface area is 130 Å². The summed E-state index contributed by atoms with van der Waals surface area (Å²) in [5.41, 5.74) is 0.210. The number of hydrogen-bond donors (Lipinski definition) is 1. The molecule has 21 heavy (non-hydrogen) atoms. The smallest absolute Gasteiger partial charge is 0.211 e. The summed E-state index contributed by atoms with van der Waals surface area (Å²) >= 11 is 0. The molecule has 0 aromatic carbocycles. The van der Waals surface area contributed by atoms with E-state index in [0.717, 1.165) is 25.9 Å². The quantitative estimate of drug-likeness (QED) is 0.867. The van der Waals surface area contributed by atoms with E-state index < -0.39 is 10.0 Å². The van der Waals surface area contributed by atoms with Gasteiger partial charge in [0, 0.05) is 18.6 Å². The maximum atomic E-state index is 11.8. The summed E-state index contributed by atoms with van der Waals surface area (Å²) < 4.78 is 25.3. The molecule has 0 aliphatic carbocycles. The highest BCUT2D eigenvalue weighted by molar-refractivity contribution is 7.88. The second-order valence-corrected chi connectivity index (χ2v) is 9.36. The number of hydrogen-bond acceptors (Lipinski definition) is 3. The second kappa shape index (κ2) is 6.97. The van der Waals surface area contributed by atoms with Crippen LogP contribution in [0.2, 0.25) is 0 Å². The van der Waals surface area contributed by atoms with Gasteiger partial charge in [-0.15, -0.1) is 0 Å². The molecule has 5 heteroatoms. The summed E-state index contributed by atoms with van der Waals surface area (Å²) in [7, 11) is -3.03. The lowest BCUT2D eigenvalue weighted by molar-refractivity contribution is 0.144. The molecule has 2 aliphatic rings. The van der Waals surface area contributed by atoms with E-state index in [9.17, 15) is 8.42 Å². The Morgan fingerprint density at radius 2 is 2.00 bits per heavy atom. The molecule has 0 spiro atoms. The van der Waals surface area contributed by atoms with Gasteiger partial charge in [-0.25, -0.2) is 12.7 Å². The zero-order chi connectivity index (χ0) is 15.5. The fourth-order valence-corrected chi connectivity index (χ4v) is 5.02. The van der Waals surface area contributed by atoms with Crippen LogP contribution < -0.4 is 5.32 Å². The van der Waals surface area contributed by atoms with Gasteiger partial charge < -0.3 is 5.32 Å². The molecule has 2 rings (SSSR count). The van der Waals surface area contributed by atoms with Crippen molar-refractivity contribution in [1.82, 2.24) is 9.62 Å². The molecule has 2 fully saturated rings. The SMILES string of the molecule is CC(C)C1(CC2CCCN(S(C)(=O)=O)C2)CCCCCN1. The second-order valence-electron chi connectivity index (χ2n) is 7.38. The molecular weight excluding hydrogens is 284 g/mol. The summed E-state index contributed by atoms with van der Waals surface area (Å²) in [5.74, 6) is 1.10. The van der Waals surface area contributed by atoms with Gasteiger partial charge in [0.1, 0.15) is 0 Å². The van der Waals surface area contributed by atoms with Gasteiger partial charge >= 0.3 is 0 Å². The molecule has 0 aromatic heterocycles. The number of nitrogens with one attached hydrogen (secondary N) is 1. The van der Waals surface area contributed by atoms with Crippen molar-refractivity contribution in [2.24, 2.45) is 11.8 Å². The lowest BCUT2D eigenvalue weighted by Gasteiger charge is -2.43. The van der Waals surface area contributed by atoms with Crippen LogP contribution in [-0.2, 0) is 10.0 Å². The first kappa shape index (κ1) is 17.2. The van der Waals surface area contributed by atoms with Crippen LogP contribution in [0.5, 0.6) is 0 Å². The molecule has 2 unspecified atom stereocenters.